The SMILES string of the molecule is C=CC(CCC)=N/C(=C\C)c1ccc(C)nc1. The van der Waals surface area contributed by atoms with E-state index in [0.29, 0.717) is 0 Å². The fourth-order valence-corrected chi connectivity index (χ4v) is 1.53. The summed E-state index contributed by atoms with van der Waals surface area (Å²) in [5.74, 6) is 0. The Morgan fingerprint density at radius 2 is 2.24 bits per heavy atom. The van der Waals surface area contributed by atoms with Crippen LogP contribution in [0.4, 0.5) is 0 Å². The molecule has 1 heterocycles. The summed E-state index contributed by atoms with van der Waals surface area (Å²) in [6, 6.07) is 4.05. The van der Waals surface area contributed by atoms with Gasteiger partial charge in [-0.25, -0.2) is 0 Å². The van der Waals surface area contributed by atoms with E-state index in [1.807, 2.05) is 44.3 Å². The third kappa shape index (κ3) is 3.99. The number of rotatable bonds is 5. The zero-order valence-corrected chi connectivity index (χ0v) is 10.9. The minimum Gasteiger partial charge on any atom is -0.261 e. The first kappa shape index (κ1) is 13.4. The topological polar surface area (TPSA) is 25.2 Å². The van der Waals surface area contributed by atoms with Gasteiger partial charge in [0.15, 0.2) is 0 Å². The fraction of sp³-hybridized carbons (Fsp3) is 0.333. The summed E-state index contributed by atoms with van der Waals surface area (Å²) < 4.78 is 0. The summed E-state index contributed by atoms with van der Waals surface area (Å²) in [5, 5.41) is 0. The van der Waals surface area contributed by atoms with Crippen LogP contribution in [0.5, 0.6) is 0 Å². The third-order valence-corrected chi connectivity index (χ3v) is 2.49. The van der Waals surface area contributed by atoms with Crippen LogP contribution >= 0.6 is 0 Å². The molecule has 0 aliphatic carbocycles. The molecule has 2 nitrogen and oxygen atoms in total. The van der Waals surface area contributed by atoms with Gasteiger partial charge in [-0.2, -0.15) is 0 Å². The highest BCUT2D eigenvalue weighted by Gasteiger charge is 2.01. The molecule has 1 rings (SSSR count). The lowest BCUT2D eigenvalue weighted by atomic mass is 10.1. The van der Waals surface area contributed by atoms with Crippen LogP contribution in [0.3, 0.4) is 0 Å². The van der Waals surface area contributed by atoms with Gasteiger partial charge in [-0.3, -0.25) is 9.98 Å². The van der Waals surface area contributed by atoms with Crippen LogP contribution in [0, 0.1) is 6.92 Å². The second kappa shape index (κ2) is 6.79. The number of hydrogen-bond donors (Lipinski definition) is 0. The number of aromatic nitrogens is 1. The first-order chi connectivity index (χ1) is 8.21. The minimum atomic E-state index is 0.958. The van der Waals surface area contributed by atoms with Gasteiger partial charge in [-0.1, -0.05) is 26.0 Å². The number of aryl methyl sites for hydroxylation is 1. The minimum absolute atomic E-state index is 0.958. The molecule has 17 heavy (non-hydrogen) atoms. The Kier molecular flexibility index (Phi) is 5.34. The van der Waals surface area contributed by atoms with Crippen molar-refractivity contribution in [3.63, 3.8) is 0 Å². The molecule has 0 saturated carbocycles. The van der Waals surface area contributed by atoms with Gasteiger partial charge >= 0.3 is 0 Å². The summed E-state index contributed by atoms with van der Waals surface area (Å²) >= 11 is 0. The van der Waals surface area contributed by atoms with E-state index in [2.05, 4.69) is 23.5 Å². The van der Waals surface area contributed by atoms with Crippen molar-refractivity contribution in [3.05, 3.63) is 48.3 Å². The summed E-state index contributed by atoms with van der Waals surface area (Å²) in [6.07, 6.45) is 7.73. The van der Waals surface area contributed by atoms with Crippen molar-refractivity contribution >= 4 is 11.4 Å². The molecule has 0 spiro atoms. The van der Waals surface area contributed by atoms with Crippen LogP contribution in [0.15, 0.2) is 42.1 Å². The quantitative estimate of drug-likeness (QED) is 0.694. The molecule has 0 amide bonds. The zero-order valence-electron chi connectivity index (χ0n) is 10.9. The largest absolute Gasteiger partial charge is 0.261 e. The molecule has 0 aromatic carbocycles. The van der Waals surface area contributed by atoms with E-state index >= 15 is 0 Å². The van der Waals surface area contributed by atoms with Crippen molar-refractivity contribution in [3.8, 4) is 0 Å². The summed E-state index contributed by atoms with van der Waals surface area (Å²) in [5.41, 5.74) is 4.06. The van der Waals surface area contributed by atoms with Gasteiger partial charge < -0.3 is 0 Å². The average Bonchev–Trinajstić information content (AvgIpc) is 2.36. The predicted molar refractivity (Wildman–Crippen MR) is 75.2 cm³/mol. The number of nitrogens with zero attached hydrogens (tertiary/aromatic N) is 2. The van der Waals surface area contributed by atoms with Crippen molar-refractivity contribution in [2.75, 3.05) is 0 Å². The summed E-state index contributed by atoms with van der Waals surface area (Å²) in [4.78, 5) is 8.91. The Morgan fingerprint density at radius 3 is 2.71 bits per heavy atom. The predicted octanol–water partition coefficient (Wildman–Crippen LogP) is 4.18. The van der Waals surface area contributed by atoms with Crippen LogP contribution in [0.1, 0.15) is 37.9 Å². The van der Waals surface area contributed by atoms with Gasteiger partial charge in [-0.15, -0.1) is 0 Å². The van der Waals surface area contributed by atoms with E-state index in [4.69, 9.17) is 0 Å². The molecule has 0 N–H and O–H groups in total. The maximum atomic E-state index is 4.62. The molecule has 0 fully saturated rings. The van der Waals surface area contributed by atoms with Crippen molar-refractivity contribution in [2.45, 2.75) is 33.6 Å². The van der Waals surface area contributed by atoms with Crippen LogP contribution in [0.25, 0.3) is 5.70 Å². The Morgan fingerprint density at radius 1 is 1.47 bits per heavy atom. The van der Waals surface area contributed by atoms with Crippen LogP contribution in [-0.4, -0.2) is 10.7 Å². The lowest BCUT2D eigenvalue weighted by Gasteiger charge is -2.04. The molecule has 1 aromatic heterocycles. The van der Waals surface area contributed by atoms with E-state index < -0.39 is 0 Å². The Hall–Kier alpha value is -1.70. The normalized spacial score (nSPS) is 12.6. The molecular weight excluding hydrogens is 208 g/mol. The van der Waals surface area contributed by atoms with Gasteiger partial charge in [0.05, 0.1) is 5.70 Å². The third-order valence-electron chi connectivity index (χ3n) is 2.49. The van der Waals surface area contributed by atoms with E-state index in [1.54, 1.807) is 0 Å². The average molecular weight is 228 g/mol. The Balaban J connectivity index is 3.00. The molecule has 2 heteroatoms. The highest BCUT2D eigenvalue weighted by molar-refractivity contribution is 5.98. The van der Waals surface area contributed by atoms with Gasteiger partial charge in [0, 0.05) is 23.2 Å². The lowest BCUT2D eigenvalue weighted by Crippen LogP contribution is -1.94. The van der Waals surface area contributed by atoms with Crippen molar-refractivity contribution in [1.29, 1.82) is 0 Å². The van der Waals surface area contributed by atoms with E-state index in [-0.39, 0.29) is 0 Å². The second-order valence-corrected chi connectivity index (χ2v) is 3.92. The number of aliphatic imine (C=N–C) groups is 1. The van der Waals surface area contributed by atoms with Crippen LogP contribution < -0.4 is 0 Å². The second-order valence-electron chi connectivity index (χ2n) is 3.92. The number of pyridine rings is 1. The van der Waals surface area contributed by atoms with Crippen molar-refractivity contribution in [1.82, 2.24) is 4.98 Å². The van der Waals surface area contributed by atoms with Crippen LogP contribution in [-0.2, 0) is 0 Å². The molecule has 0 atom stereocenters. The van der Waals surface area contributed by atoms with Gasteiger partial charge in [0.1, 0.15) is 0 Å². The monoisotopic (exact) mass is 228 g/mol. The number of allylic oxidation sites excluding steroid dienone is 2. The van der Waals surface area contributed by atoms with Gasteiger partial charge in [0.2, 0.25) is 0 Å². The van der Waals surface area contributed by atoms with Crippen molar-refractivity contribution < 1.29 is 0 Å². The molecule has 1 aromatic rings. The first-order valence-corrected chi connectivity index (χ1v) is 6.00. The zero-order chi connectivity index (χ0) is 12.7. The van der Waals surface area contributed by atoms with Crippen LogP contribution in [0.2, 0.25) is 0 Å². The Labute approximate surface area is 104 Å². The molecule has 0 aliphatic rings. The van der Waals surface area contributed by atoms with E-state index in [1.165, 1.54) is 0 Å². The molecule has 0 bridgehead atoms. The highest BCUT2D eigenvalue weighted by Crippen LogP contribution is 2.16. The fourth-order valence-electron chi connectivity index (χ4n) is 1.53. The number of hydrogen-bond acceptors (Lipinski definition) is 2. The molecule has 0 unspecified atom stereocenters. The summed E-state index contributed by atoms with van der Waals surface area (Å²) in [6.45, 7) is 9.91. The molecular formula is C15H20N2. The standard InChI is InChI=1S/C15H20N2/c1-5-8-14(6-2)17-15(7-3)13-10-9-12(4)16-11-13/h6-7,9-11H,2,5,8H2,1,3-4H3/b15-7-,17-14?. The van der Waals surface area contributed by atoms with E-state index in [0.717, 1.165) is 35.5 Å². The molecule has 0 radical (unpaired) electrons. The molecule has 0 aliphatic heterocycles. The van der Waals surface area contributed by atoms with Crippen molar-refractivity contribution in [2.24, 2.45) is 4.99 Å². The van der Waals surface area contributed by atoms with Gasteiger partial charge in [0.25, 0.3) is 0 Å². The Bertz CT molecular complexity index is 425. The van der Waals surface area contributed by atoms with Gasteiger partial charge in [-0.05, 0) is 38.5 Å². The van der Waals surface area contributed by atoms with E-state index in [9.17, 15) is 0 Å². The maximum Gasteiger partial charge on any atom is 0.0678 e. The molecule has 0 saturated heterocycles. The maximum absolute atomic E-state index is 4.62. The lowest BCUT2D eigenvalue weighted by molar-refractivity contribution is 0.996. The smallest absolute Gasteiger partial charge is 0.0678 e. The molecule has 90 valence electrons. The first-order valence-electron chi connectivity index (χ1n) is 6.00. The summed E-state index contributed by atoms with van der Waals surface area (Å²) in [7, 11) is 0. The highest BCUT2D eigenvalue weighted by atomic mass is 14.8.